The van der Waals surface area contributed by atoms with Crippen molar-refractivity contribution in [3.8, 4) is 69.0 Å². The SMILES string of the molecule is Oc1cc(O)c2c(c1)O[C@H](c1cc(O)c(O)c(O)c1)[C@@H](O)[C@@H]2c1c(O)cc(O)c2c1O[C@H](c1cc(O)c(O)c(O)c1)[C@@H](O)C2. The summed E-state index contributed by atoms with van der Waals surface area (Å²) in [5.41, 5.74) is -0.410. The van der Waals surface area contributed by atoms with Gasteiger partial charge in [0.25, 0.3) is 0 Å². The summed E-state index contributed by atoms with van der Waals surface area (Å²) in [6, 6.07) is 7.08. The number of benzene rings is 4. The number of phenolic OH excluding ortho intramolecular Hbond substituents is 10. The molecule has 14 nitrogen and oxygen atoms in total. The second-order valence-electron chi connectivity index (χ2n) is 10.6. The lowest BCUT2D eigenvalue weighted by atomic mass is 9.77. The number of aromatic hydroxyl groups is 10. The van der Waals surface area contributed by atoms with Gasteiger partial charge in [0, 0.05) is 52.4 Å². The highest BCUT2D eigenvalue weighted by Gasteiger charge is 2.46. The van der Waals surface area contributed by atoms with Gasteiger partial charge in [0.15, 0.2) is 46.7 Å². The Morgan fingerprint density at radius 2 is 1.05 bits per heavy atom. The molecule has 0 amide bonds. The molecule has 0 radical (unpaired) electrons. The van der Waals surface area contributed by atoms with Gasteiger partial charge in [-0.3, -0.25) is 0 Å². The van der Waals surface area contributed by atoms with Gasteiger partial charge in [-0.2, -0.15) is 0 Å². The molecule has 5 atom stereocenters. The van der Waals surface area contributed by atoms with Crippen molar-refractivity contribution < 1.29 is 70.8 Å². The zero-order valence-corrected chi connectivity index (χ0v) is 22.3. The quantitative estimate of drug-likeness (QED) is 0.149. The maximum Gasteiger partial charge on any atom is 0.200 e. The standard InChI is InChI=1S/C30H26O14/c31-11-5-14(33)22-21(6-11)43-29(10-3-18(37)26(41)19(38)4-10)27(42)24(22)23-15(34)8-13(32)12-7-20(39)28(44-30(12)23)9-1-16(35)25(40)17(36)2-9/h1-6,8,20,24,27-29,31-42H,7H2/t20-,24-,27-,28+,29+/m0/s1. The summed E-state index contributed by atoms with van der Waals surface area (Å²) in [5.74, 6) is -8.60. The van der Waals surface area contributed by atoms with Crippen LogP contribution in [-0.2, 0) is 6.42 Å². The molecule has 0 saturated carbocycles. The molecule has 2 aliphatic heterocycles. The fraction of sp³-hybridized carbons (Fsp3) is 0.200. The first-order chi connectivity index (χ1) is 20.8. The summed E-state index contributed by atoms with van der Waals surface area (Å²) < 4.78 is 12.0. The summed E-state index contributed by atoms with van der Waals surface area (Å²) in [7, 11) is 0. The Bertz CT molecular complexity index is 1770. The lowest BCUT2D eigenvalue weighted by molar-refractivity contribution is 0.00106. The summed E-state index contributed by atoms with van der Waals surface area (Å²) >= 11 is 0. The van der Waals surface area contributed by atoms with Crippen molar-refractivity contribution in [1.82, 2.24) is 0 Å². The Balaban J connectivity index is 1.56. The van der Waals surface area contributed by atoms with Crippen LogP contribution in [0.15, 0.2) is 42.5 Å². The fourth-order valence-electron chi connectivity index (χ4n) is 5.85. The van der Waals surface area contributed by atoms with E-state index in [1.54, 1.807) is 0 Å². The first-order valence-electron chi connectivity index (χ1n) is 13.1. The third kappa shape index (κ3) is 4.35. The Morgan fingerprint density at radius 1 is 0.523 bits per heavy atom. The number of rotatable bonds is 3. The molecule has 6 rings (SSSR count). The molecule has 4 aromatic rings. The highest BCUT2D eigenvalue weighted by molar-refractivity contribution is 5.66. The van der Waals surface area contributed by atoms with E-state index in [0.717, 1.165) is 42.5 Å². The van der Waals surface area contributed by atoms with Crippen LogP contribution in [0.3, 0.4) is 0 Å². The molecule has 12 N–H and O–H groups in total. The number of phenols is 10. The number of aliphatic hydroxyl groups is 2. The van der Waals surface area contributed by atoms with Crippen molar-refractivity contribution in [2.45, 2.75) is 36.8 Å². The third-order valence-electron chi connectivity index (χ3n) is 7.86. The topological polar surface area (TPSA) is 261 Å². The van der Waals surface area contributed by atoms with Crippen LogP contribution in [0, 0.1) is 0 Å². The second-order valence-corrected chi connectivity index (χ2v) is 10.6. The van der Waals surface area contributed by atoms with E-state index in [4.69, 9.17) is 9.47 Å². The number of fused-ring (bicyclic) bond motifs is 2. The van der Waals surface area contributed by atoms with E-state index in [1.165, 1.54) is 0 Å². The average Bonchev–Trinajstić information content (AvgIpc) is 2.95. The summed E-state index contributed by atoms with van der Waals surface area (Å²) in [4.78, 5) is 0. The van der Waals surface area contributed by atoms with Gasteiger partial charge in [0.05, 0.1) is 12.0 Å². The van der Waals surface area contributed by atoms with E-state index in [-0.39, 0.29) is 45.7 Å². The zero-order chi connectivity index (χ0) is 31.8. The van der Waals surface area contributed by atoms with Crippen molar-refractivity contribution in [2.75, 3.05) is 0 Å². The smallest absolute Gasteiger partial charge is 0.200 e. The fourth-order valence-corrected chi connectivity index (χ4v) is 5.85. The van der Waals surface area contributed by atoms with Crippen LogP contribution in [0.25, 0.3) is 0 Å². The van der Waals surface area contributed by atoms with Crippen LogP contribution in [0.1, 0.15) is 45.9 Å². The predicted octanol–water partition coefficient (Wildman–Crippen LogP) is 2.41. The Morgan fingerprint density at radius 3 is 1.61 bits per heavy atom. The van der Waals surface area contributed by atoms with Crippen LogP contribution in [0.2, 0.25) is 0 Å². The lowest BCUT2D eigenvalue weighted by Crippen LogP contribution is -2.36. The van der Waals surface area contributed by atoms with E-state index < -0.39 is 87.8 Å². The minimum Gasteiger partial charge on any atom is -0.508 e. The monoisotopic (exact) mass is 610 g/mol. The molecule has 0 spiro atoms. The van der Waals surface area contributed by atoms with Crippen LogP contribution >= 0.6 is 0 Å². The van der Waals surface area contributed by atoms with Gasteiger partial charge >= 0.3 is 0 Å². The number of hydrogen-bond donors (Lipinski definition) is 12. The molecule has 4 aromatic carbocycles. The van der Waals surface area contributed by atoms with Gasteiger partial charge in [-0.1, -0.05) is 0 Å². The molecular weight excluding hydrogens is 584 g/mol. The first-order valence-corrected chi connectivity index (χ1v) is 13.1. The molecule has 0 bridgehead atoms. The van der Waals surface area contributed by atoms with E-state index in [1.807, 2.05) is 0 Å². The molecule has 14 heteroatoms. The van der Waals surface area contributed by atoms with Crippen molar-refractivity contribution in [3.63, 3.8) is 0 Å². The van der Waals surface area contributed by atoms with Crippen molar-refractivity contribution >= 4 is 0 Å². The van der Waals surface area contributed by atoms with E-state index >= 15 is 0 Å². The lowest BCUT2D eigenvalue weighted by Gasteiger charge is -2.40. The highest BCUT2D eigenvalue weighted by Crippen LogP contribution is 2.57. The summed E-state index contributed by atoms with van der Waals surface area (Å²) in [6.07, 6.45) is -6.26. The van der Waals surface area contributed by atoms with E-state index in [9.17, 15) is 61.3 Å². The maximum atomic E-state index is 11.8. The van der Waals surface area contributed by atoms with Crippen molar-refractivity contribution in [3.05, 3.63) is 70.3 Å². The van der Waals surface area contributed by atoms with Crippen molar-refractivity contribution in [1.29, 1.82) is 0 Å². The molecule has 2 heterocycles. The highest BCUT2D eigenvalue weighted by atomic mass is 16.5. The van der Waals surface area contributed by atoms with Gasteiger partial charge in [0.2, 0.25) is 0 Å². The predicted molar refractivity (Wildman–Crippen MR) is 147 cm³/mol. The van der Waals surface area contributed by atoms with Gasteiger partial charge in [-0.25, -0.2) is 0 Å². The van der Waals surface area contributed by atoms with Gasteiger partial charge in [-0.15, -0.1) is 0 Å². The molecule has 0 fully saturated rings. The molecule has 0 saturated heterocycles. The minimum atomic E-state index is -1.75. The Kier molecular flexibility index (Phi) is 6.48. The van der Waals surface area contributed by atoms with Crippen LogP contribution in [0.5, 0.6) is 69.0 Å². The molecule has 2 aliphatic rings. The Labute approximate surface area is 247 Å². The second kappa shape index (κ2) is 10.00. The van der Waals surface area contributed by atoms with Crippen LogP contribution in [-0.4, -0.2) is 73.5 Å². The Hall–Kier alpha value is -5.60. The summed E-state index contributed by atoms with van der Waals surface area (Å²) in [5, 5.41) is 126. The van der Waals surface area contributed by atoms with Gasteiger partial charge < -0.3 is 70.8 Å². The maximum absolute atomic E-state index is 11.8. The van der Waals surface area contributed by atoms with Crippen LogP contribution in [0.4, 0.5) is 0 Å². The molecule has 0 unspecified atom stereocenters. The molecule has 44 heavy (non-hydrogen) atoms. The summed E-state index contributed by atoms with van der Waals surface area (Å²) in [6.45, 7) is 0. The van der Waals surface area contributed by atoms with Gasteiger partial charge in [-0.05, 0) is 24.3 Å². The van der Waals surface area contributed by atoms with Crippen LogP contribution < -0.4 is 9.47 Å². The van der Waals surface area contributed by atoms with E-state index in [0.29, 0.717) is 0 Å². The molecule has 0 aromatic heterocycles. The van der Waals surface area contributed by atoms with E-state index in [2.05, 4.69) is 0 Å². The number of ether oxygens (including phenoxy) is 2. The zero-order valence-electron chi connectivity index (χ0n) is 22.3. The van der Waals surface area contributed by atoms with Gasteiger partial charge in [0.1, 0.15) is 40.6 Å². The third-order valence-corrected chi connectivity index (χ3v) is 7.86. The average molecular weight is 611 g/mol. The van der Waals surface area contributed by atoms with Crippen molar-refractivity contribution in [2.24, 2.45) is 0 Å². The molecule has 230 valence electrons. The largest absolute Gasteiger partial charge is 0.508 e. The minimum absolute atomic E-state index is 0.00153. The molecule has 0 aliphatic carbocycles. The number of hydrogen-bond acceptors (Lipinski definition) is 14. The first kappa shape index (κ1) is 28.5. The number of aliphatic hydroxyl groups excluding tert-OH is 2. The normalized spacial score (nSPS) is 22.4. The molecular formula is C30H26O14.